The third kappa shape index (κ3) is 8.02. The molecule has 1 saturated heterocycles. The van der Waals surface area contributed by atoms with Crippen LogP contribution in [0.1, 0.15) is 40.4 Å². The van der Waals surface area contributed by atoms with Gasteiger partial charge in [-0.15, -0.1) is 15.0 Å². The van der Waals surface area contributed by atoms with Gasteiger partial charge in [-0.3, -0.25) is 4.79 Å². The monoisotopic (exact) mass is 691 g/mol. The van der Waals surface area contributed by atoms with E-state index < -0.39 is 29.8 Å². The van der Waals surface area contributed by atoms with Crippen LogP contribution in [0, 0.1) is 0 Å². The summed E-state index contributed by atoms with van der Waals surface area (Å²) in [5, 5.41) is 15.2. The Balaban J connectivity index is 1.01. The summed E-state index contributed by atoms with van der Waals surface area (Å²) in [5.41, 5.74) is 0.759. The number of furan rings is 1. The van der Waals surface area contributed by atoms with Crippen LogP contribution >= 0.6 is 0 Å². The molecule has 0 spiro atoms. The van der Waals surface area contributed by atoms with Crippen molar-refractivity contribution in [1.82, 2.24) is 30.0 Å². The molecule has 0 aliphatic carbocycles. The van der Waals surface area contributed by atoms with Crippen LogP contribution in [-0.4, -0.2) is 74.3 Å². The molecule has 3 amide bonds. The van der Waals surface area contributed by atoms with Crippen molar-refractivity contribution >= 4 is 34.8 Å². The van der Waals surface area contributed by atoms with Crippen LogP contribution in [0.3, 0.4) is 0 Å². The predicted octanol–water partition coefficient (Wildman–Crippen LogP) is 6.36. The zero-order valence-corrected chi connectivity index (χ0v) is 26.9. The van der Waals surface area contributed by atoms with Gasteiger partial charge in [0.05, 0.1) is 5.56 Å². The summed E-state index contributed by atoms with van der Waals surface area (Å²) in [7, 11) is 0. The van der Waals surface area contributed by atoms with Gasteiger partial charge < -0.3 is 29.0 Å². The number of amides is 3. The molecule has 1 aliphatic heterocycles. The summed E-state index contributed by atoms with van der Waals surface area (Å²) < 4.78 is 57.3. The van der Waals surface area contributed by atoms with Crippen LogP contribution in [0.25, 0.3) is 22.6 Å². The van der Waals surface area contributed by atoms with Gasteiger partial charge >= 0.3 is 18.4 Å². The molecule has 6 rings (SSSR count). The van der Waals surface area contributed by atoms with E-state index in [0.717, 1.165) is 16.4 Å². The number of alkyl halides is 3. The summed E-state index contributed by atoms with van der Waals surface area (Å²) in [4.78, 5) is 42.0. The highest BCUT2D eigenvalue weighted by atomic mass is 19.4. The van der Waals surface area contributed by atoms with Crippen molar-refractivity contribution in [3.63, 3.8) is 0 Å². The summed E-state index contributed by atoms with van der Waals surface area (Å²) in [6.45, 7) is 2.72. The Labute approximate surface area is 283 Å². The molecule has 1 N–H and O–H groups in total. The van der Waals surface area contributed by atoms with Crippen LogP contribution in [0.5, 0.6) is 0 Å². The first-order chi connectivity index (χ1) is 24.1. The Bertz CT molecular complexity index is 1990. The van der Waals surface area contributed by atoms with Crippen LogP contribution in [0.2, 0.25) is 0 Å². The minimum absolute atomic E-state index is 0.0189. The summed E-state index contributed by atoms with van der Waals surface area (Å²) in [6.07, 6.45) is -4.80. The predicted molar refractivity (Wildman–Crippen MR) is 173 cm³/mol. The first-order valence-corrected chi connectivity index (χ1v) is 15.8. The maximum Gasteiger partial charge on any atom is 0.416 e. The first-order valence-electron chi connectivity index (χ1n) is 15.8. The Hall–Kier alpha value is -5.93. The molecule has 260 valence electrons. The van der Waals surface area contributed by atoms with E-state index in [1.165, 1.54) is 34.1 Å². The SMILES string of the molecule is CCCc1ccc(NC(=O)c2ccc3cc(-c4nnn(COC(=O)N5CCN(C(=O)OCc6ccccc6)CC5)n4)oc3c2)cc1C(F)(F)F. The van der Waals surface area contributed by atoms with E-state index in [1.807, 2.05) is 30.3 Å². The van der Waals surface area contributed by atoms with Crippen molar-refractivity contribution in [2.75, 3.05) is 31.5 Å². The molecule has 3 aromatic carbocycles. The lowest BCUT2D eigenvalue weighted by Gasteiger charge is -2.33. The van der Waals surface area contributed by atoms with Gasteiger partial charge in [0.1, 0.15) is 12.2 Å². The van der Waals surface area contributed by atoms with E-state index in [0.29, 0.717) is 17.4 Å². The van der Waals surface area contributed by atoms with Crippen molar-refractivity contribution in [2.45, 2.75) is 39.3 Å². The standard InChI is InChI=1S/C34H32F3N7O6/c1-2-6-23-11-12-26(19-27(23)34(35,36)37)38-31(45)25-10-9-24-17-29(50-28(24)18-25)30-39-41-44(40-30)21-49-33(47)43-15-13-42(14-16-43)32(46)48-20-22-7-4-3-5-8-22/h3-5,7-12,17-19H,2,6,13-16,20-21H2,1H3,(H,38,45). The molecule has 13 nitrogen and oxygen atoms in total. The van der Waals surface area contributed by atoms with Crippen molar-refractivity contribution in [1.29, 1.82) is 0 Å². The third-order valence-corrected chi connectivity index (χ3v) is 7.95. The average molecular weight is 692 g/mol. The maximum absolute atomic E-state index is 13.6. The van der Waals surface area contributed by atoms with Crippen LogP contribution in [0.4, 0.5) is 28.4 Å². The number of aromatic nitrogens is 4. The molecule has 3 heterocycles. The van der Waals surface area contributed by atoms with Crippen LogP contribution in [0.15, 0.2) is 77.2 Å². The Morgan fingerprint density at radius 1 is 0.900 bits per heavy atom. The molecule has 16 heteroatoms. The molecular weight excluding hydrogens is 659 g/mol. The highest BCUT2D eigenvalue weighted by Gasteiger charge is 2.33. The third-order valence-electron chi connectivity index (χ3n) is 7.95. The number of nitrogens with one attached hydrogen (secondary N) is 1. The topological polar surface area (TPSA) is 145 Å². The number of nitrogens with zero attached hydrogens (tertiary/aromatic N) is 6. The molecular formula is C34H32F3N7O6. The fourth-order valence-electron chi connectivity index (χ4n) is 5.37. The molecule has 0 bridgehead atoms. The number of halogens is 3. The summed E-state index contributed by atoms with van der Waals surface area (Å²) in [5.74, 6) is -0.291. The molecule has 0 saturated carbocycles. The normalized spacial score (nSPS) is 13.4. The number of benzene rings is 3. The number of anilines is 1. The minimum Gasteiger partial charge on any atom is -0.453 e. The lowest BCUT2D eigenvalue weighted by molar-refractivity contribution is -0.138. The lowest BCUT2D eigenvalue weighted by Crippen LogP contribution is -2.50. The number of ether oxygens (including phenoxy) is 2. The molecule has 0 atom stereocenters. The molecule has 1 fully saturated rings. The highest BCUT2D eigenvalue weighted by molar-refractivity contribution is 6.06. The van der Waals surface area contributed by atoms with Crippen molar-refractivity contribution in [3.05, 3.63) is 95.1 Å². The fourth-order valence-corrected chi connectivity index (χ4v) is 5.37. The largest absolute Gasteiger partial charge is 0.453 e. The number of carbonyl (C=O) groups excluding carboxylic acids is 3. The second-order valence-corrected chi connectivity index (χ2v) is 11.5. The summed E-state index contributed by atoms with van der Waals surface area (Å²) >= 11 is 0. The maximum atomic E-state index is 13.6. The molecule has 5 aromatic rings. The Morgan fingerprint density at radius 2 is 1.62 bits per heavy atom. The van der Waals surface area contributed by atoms with Gasteiger partial charge in [0.25, 0.3) is 5.91 Å². The second kappa shape index (κ2) is 14.7. The van der Waals surface area contributed by atoms with Crippen molar-refractivity contribution < 1.29 is 41.4 Å². The van der Waals surface area contributed by atoms with Crippen molar-refractivity contribution in [3.8, 4) is 11.6 Å². The zero-order chi connectivity index (χ0) is 35.3. The number of hydrogen-bond donors (Lipinski definition) is 1. The van der Waals surface area contributed by atoms with E-state index in [2.05, 4.69) is 20.7 Å². The highest BCUT2D eigenvalue weighted by Crippen LogP contribution is 2.35. The Morgan fingerprint density at radius 3 is 2.32 bits per heavy atom. The lowest BCUT2D eigenvalue weighted by atomic mass is 10.0. The number of tetrazole rings is 1. The van der Waals surface area contributed by atoms with E-state index in [4.69, 9.17) is 13.9 Å². The van der Waals surface area contributed by atoms with E-state index >= 15 is 0 Å². The number of fused-ring (bicyclic) bond motifs is 1. The van der Waals surface area contributed by atoms with Crippen LogP contribution < -0.4 is 5.32 Å². The number of rotatable bonds is 9. The van der Waals surface area contributed by atoms with Gasteiger partial charge in [-0.05, 0) is 53.1 Å². The quantitative estimate of drug-likeness (QED) is 0.187. The first kappa shape index (κ1) is 34.0. The smallest absolute Gasteiger partial charge is 0.416 e. The molecule has 1 aliphatic rings. The van der Waals surface area contributed by atoms with Gasteiger partial charge in [0, 0.05) is 42.8 Å². The minimum atomic E-state index is -4.55. The van der Waals surface area contributed by atoms with Gasteiger partial charge in [-0.25, -0.2) is 9.59 Å². The van der Waals surface area contributed by atoms with E-state index in [1.54, 1.807) is 19.1 Å². The average Bonchev–Trinajstić information content (AvgIpc) is 3.77. The van der Waals surface area contributed by atoms with Gasteiger partial charge in [-0.1, -0.05) is 55.8 Å². The Kier molecular flexibility index (Phi) is 9.97. The molecule has 50 heavy (non-hydrogen) atoms. The number of carbonyl (C=O) groups is 3. The van der Waals surface area contributed by atoms with Crippen molar-refractivity contribution in [2.24, 2.45) is 0 Å². The van der Waals surface area contributed by atoms with E-state index in [9.17, 15) is 27.6 Å². The number of piperazine rings is 1. The molecule has 0 unspecified atom stereocenters. The zero-order valence-electron chi connectivity index (χ0n) is 26.9. The summed E-state index contributed by atoms with van der Waals surface area (Å²) in [6, 6.07) is 19.3. The van der Waals surface area contributed by atoms with Gasteiger partial charge in [-0.2, -0.15) is 13.2 Å². The number of hydrogen-bond acceptors (Lipinski definition) is 9. The second-order valence-electron chi connectivity index (χ2n) is 11.5. The fraction of sp³-hybridized carbons (Fsp3) is 0.294. The number of aryl methyl sites for hydroxylation is 1. The van der Waals surface area contributed by atoms with Gasteiger partial charge in [0.2, 0.25) is 12.6 Å². The van der Waals surface area contributed by atoms with Gasteiger partial charge in [0.15, 0.2) is 5.76 Å². The molecule has 2 aromatic heterocycles. The molecule has 0 radical (unpaired) electrons. The van der Waals surface area contributed by atoms with Crippen LogP contribution in [-0.2, 0) is 35.4 Å². The van der Waals surface area contributed by atoms with E-state index in [-0.39, 0.29) is 74.3 Å².